The van der Waals surface area contributed by atoms with Crippen LogP contribution in [0.2, 0.25) is 0 Å². The molecule has 1 aliphatic heterocycles. The Morgan fingerprint density at radius 2 is 2.14 bits per heavy atom. The molecule has 0 aliphatic carbocycles. The molecule has 1 aliphatic rings. The molecule has 1 saturated heterocycles. The maximum absolute atomic E-state index is 12.1. The molecular weight excluding hydrogens is 280 g/mol. The van der Waals surface area contributed by atoms with Crippen molar-refractivity contribution >= 4 is 16.6 Å². The van der Waals surface area contributed by atoms with Gasteiger partial charge in [0.15, 0.2) is 0 Å². The fourth-order valence-electron chi connectivity index (χ4n) is 3.33. The van der Waals surface area contributed by atoms with E-state index in [9.17, 15) is 4.79 Å². The van der Waals surface area contributed by atoms with Crippen LogP contribution >= 0.6 is 0 Å². The van der Waals surface area contributed by atoms with E-state index in [1.54, 1.807) is 13.2 Å². The summed E-state index contributed by atoms with van der Waals surface area (Å²) < 4.78 is 7.31. The van der Waals surface area contributed by atoms with E-state index in [2.05, 4.69) is 15.4 Å². The van der Waals surface area contributed by atoms with Gasteiger partial charge in [-0.2, -0.15) is 5.10 Å². The fraction of sp³-hybridized carbons (Fsp3) is 0.375. The van der Waals surface area contributed by atoms with Crippen LogP contribution in [-0.4, -0.2) is 34.8 Å². The number of hydrogen-bond donors (Lipinski definition) is 2. The van der Waals surface area contributed by atoms with Crippen LogP contribution in [0.4, 0.5) is 0 Å². The van der Waals surface area contributed by atoms with Gasteiger partial charge in [0.1, 0.15) is 11.4 Å². The zero-order valence-corrected chi connectivity index (χ0v) is 12.4. The Balaban J connectivity index is 2.04. The second-order valence-corrected chi connectivity index (χ2v) is 5.70. The zero-order chi connectivity index (χ0) is 15.1. The Kier molecular flexibility index (Phi) is 3.11. The SMILES string of the molecule is COc1cccc2nn3c(C4CCNCC4)cc(=O)[nH]c3c12. The van der Waals surface area contributed by atoms with Crippen LogP contribution in [0, 0.1) is 0 Å². The lowest BCUT2D eigenvalue weighted by molar-refractivity contribution is 0.420. The van der Waals surface area contributed by atoms with E-state index in [1.807, 2.05) is 22.7 Å². The van der Waals surface area contributed by atoms with E-state index in [0.29, 0.717) is 11.6 Å². The average molecular weight is 298 g/mol. The number of nitrogens with one attached hydrogen (secondary N) is 2. The van der Waals surface area contributed by atoms with Gasteiger partial charge < -0.3 is 15.0 Å². The molecule has 0 unspecified atom stereocenters. The summed E-state index contributed by atoms with van der Waals surface area (Å²) in [5.41, 5.74) is 2.44. The van der Waals surface area contributed by atoms with Crippen molar-refractivity contribution in [1.29, 1.82) is 0 Å². The Hall–Kier alpha value is -2.34. The molecule has 0 spiro atoms. The van der Waals surface area contributed by atoms with Crippen molar-refractivity contribution in [2.45, 2.75) is 18.8 Å². The van der Waals surface area contributed by atoms with Crippen molar-refractivity contribution in [1.82, 2.24) is 19.9 Å². The second-order valence-electron chi connectivity index (χ2n) is 5.70. The minimum Gasteiger partial charge on any atom is -0.496 e. The molecule has 0 radical (unpaired) electrons. The molecule has 0 amide bonds. The van der Waals surface area contributed by atoms with Gasteiger partial charge in [-0.25, -0.2) is 4.52 Å². The highest BCUT2D eigenvalue weighted by Crippen LogP contribution is 2.31. The number of ether oxygens (including phenoxy) is 1. The van der Waals surface area contributed by atoms with Crippen LogP contribution in [-0.2, 0) is 0 Å². The Morgan fingerprint density at radius 1 is 1.32 bits per heavy atom. The van der Waals surface area contributed by atoms with E-state index in [-0.39, 0.29) is 5.56 Å². The van der Waals surface area contributed by atoms with Crippen LogP contribution in [0.3, 0.4) is 0 Å². The number of methoxy groups -OCH3 is 1. The molecule has 2 N–H and O–H groups in total. The zero-order valence-electron chi connectivity index (χ0n) is 12.4. The molecule has 6 nitrogen and oxygen atoms in total. The van der Waals surface area contributed by atoms with Crippen molar-refractivity contribution < 1.29 is 4.74 Å². The predicted octanol–water partition coefficient (Wildman–Crippen LogP) is 1.65. The first-order chi connectivity index (χ1) is 10.8. The minimum atomic E-state index is -0.0891. The number of rotatable bonds is 2. The smallest absolute Gasteiger partial charge is 0.251 e. The van der Waals surface area contributed by atoms with E-state index < -0.39 is 0 Å². The summed E-state index contributed by atoms with van der Waals surface area (Å²) in [4.78, 5) is 15.1. The van der Waals surface area contributed by atoms with E-state index >= 15 is 0 Å². The third-order valence-electron chi connectivity index (χ3n) is 4.40. The number of nitrogens with zero attached hydrogens (tertiary/aromatic N) is 2. The van der Waals surface area contributed by atoms with Crippen molar-refractivity contribution in [2.75, 3.05) is 20.2 Å². The van der Waals surface area contributed by atoms with E-state index in [4.69, 9.17) is 4.74 Å². The fourth-order valence-corrected chi connectivity index (χ4v) is 3.33. The normalized spacial score (nSPS) is 16.4. The lowest BCUT2D eigenvalue weighted by Crippen LogP contribution is -2.28. The van der Waals surface area contributed by atoms with Crippen LogP contribution in [0.25, 0.3) is 16.6 Å². The Bertz CT molecular complexity index is 890. The number of fused-ring (bicyclic) bond motifs is 3. The largest absolute Gasteiger partial charge is 0.496 e. The Labute approximate surface area is 127 Å². The van der Waals surface area contributed by atoms with Crippen molar-refractivity contribution in [3.8, 4) is 5.75 Å². The lowest BCUT2D eigenvalue weighted by Gasteiger charge is -2.23. The minimum absolute atomic E-state index is 0.0891. The average Bonchev–Trinajstić information content (AvgIpc) is 2.93. The van der Waals surface area contributed by atoms with Gasteiger partial charge in [0.25, 0.3) is 5.56 Å². The van der Waals surface area contributed by atoms with Gasteiger partial charge in [0.2, 0.25) is 0 Å². The lowest BCUT2D eigenvalue weighted by atomic mass is 9.94. The van der Waals surface area contributed by atoms with Crippen LogP contribution in [0.5, 0.6) is 5.75 Å². The predicted molar refractivity (Wildman–Crippen MR) is 84.7 cm³/mol. The van der Waals surface area contributed by atoms with E-state index in [1.165, 1.54) is 0 Å². The van der Waals surface area contributed by atoms with Crippen LogP contribution in [0.15, 0.2) is 29.1 Å². The van der Waals surface area contributed by atoms with Crippen molar-refractivity contribution in [2.24, 2.45) is 0 Å². The van der Waals surface area contributed by atoms with Crippen LogP contribution in [0.1, 0.15) is 24.5 Å². The van der Waals surface area contributed by atoms with Gasteiger partial charge >= 0.3 is 0 Å². The summed E-state index contributed by atoms with van der Waals surface area (Å²) >= 11 is 0. The Morgan fingerprint density at radius 3 is 2.91 bits per heavy atom. The summed E-state index contributed by atoms with van der Waals surface area (Å²) in [5, 5.41) is 8.90. The molecule has 6 heteroatoms. The van der Waals surface area contributed by atoms with Gasteiger partial charge in [-0.05, 0) is 38.1 Å². The van der Waals surface area contributed by atoms with E-state index in [0.717, 1.165) is 48.3 Å². The summed E-state index contributed by atoms with van der Waals surface area (Å²) in [6.07, 6.45) is 2.04. The van der Waals surface area contributed by atoms with Gasteiger partial charge in [-0.15, -0.1) is 0 Å². The second kappa shape index (κ2) is 5.14. The van der Waals surface area contributed by atoms with Gasteiger partial charge in [0, 0.05) is 12.0 Å². The first-order valence-corrected chi connectivity index (χ1v) is 7.57. The summed E-state index contributed by atoms with van der Waals surface area (Å²) in [5.74, 6) is 1.08. The molecule has 3 heterocycles. The first-order valence-electron chi connectivity index (χ1n) is 7.57. The highest BCUT2D eigenvalue weighted by atomic mass is 16.5. The molecular formula is C16H18N4O2. The molecule has 0 saturated carbocycles. The molecule has 0 bridgehead atoms. The molecule has 22 heavy (non-hydrogen) atoms. The van der Waals surface area contributed by atoms with Crippen molar-refractivity contribution in [3.63, 3.8) is 0 Å². The molecule has 1 aromatic carbocycles. The highest BCUT2D eigenvalue weighted by molar-refractivity contribution is 5.97. The molecule has 1 fully saturated rings. The van der Waals surface area contributed by atoms with Crippen LogP contribution < -0.4 is 15.6 Å². The third-order valence-corrected chi connectivity index (χ3v) is 4.40. The van der Waals surface area contributed by atoms with Gasteiger partial charge in [0.05, 0.1) is 23.7 Å². The number of aromatic amines is 1. The third kappa shape index (κ3) is 1.99. The van der Waals surface area contributed by atoms with Crippen molar-refractivity contribution in [3.05, 3.63) is 40.3 Å². The maximum atomic E-state index is 12.1. The molecule has 2 aromatic heterocycles. The highest BCUT2D eigenvalue weighted by Gasteiger charge is 2.21. The number of benzene rings is 1. The topological polar surface area (TPSA) is 71.4 Å². The molecule has 114 valence electrons. The monoisotopic (exact) mass is 298 g/mol. The molecule has 0 atom stereocenters. The molecule has 3 aromatic rings. The maximum Gasteiger partial charge on any atom is 0.251 e. The number of H-pyrrole nitrogens is 1. The quantitative estimate of drug-likeness (QED) is 0.754. The number of hydrogen-bond acceptors (Lipinski definition) is 4. The number of aromatic nitrogens is 3. The summed E-state index contributed by atoms with van der Waals surface area (Å²) in [6, 6.07) is 7.42. The molecule has 4 rings (SSSR count). The first kappa shape index (κ1) is 13.3. The standard InChI is InChI=1S/C16H18N4O2/c1-22-13-4-2-3-11-15(13)16-18-14(21)9-12(20(16)19-11)10-5-7-17-8-6-10/h2-4,9-10,17H,5-8H2,1H3,(H,18,21). The van der Waals surface area contributed by atoms with Gasteiger partial charge in [-0.1, -0.05) is 6.07 Å². The van der Waals surface area contributed by atoms with Gasteiger partial charge in [-0.3, -0.25) is 4.79 Å². The summed E-state index contributed by atoms with van der Waals surface area (Å²) in [6.45, 7) is 1.95. The number of piperidine rings is 1. The summed E-state index contributed by atoms with van der Waals surface area (Å²) in [7, 11) is 1.63.